The topological polar surface area (TPSA) is 29.1 Å². The van der Waals surface area contributed by atoms with Crippen molar-refractivity contribution in [2.75, 3.05) is 34.2 Å². The first kappa shape index (κ1) is 15.4. The van der Waals surface area contributed by atoms with Crippen LogP contribution in [0.25, 0.3) is 0 Å². The number of nitrogens with one attached hydrogen (secondary N) is 1. The molecule has 0 bridgehead atoms. The van der Waals surface area contributed by atoms with Gasteiger partial charge >= 0.3 is 0 Å². The largest absolute Gasteiger partial charge is 0.356 e. The van der Waals surface area contributed by atoms with Crippen LogP contribution in [0.1, 0.15) is 39.5 Å². The minimum Gasteiger partial charge on any atom is -0.356 e. The van der Waals surface area contributed by atoms with Crippen LogP contribution in [0.5, 0.6) is 0 Å². The summed E-state index contributed by atoms with van der Waals surface area (Å²) in [6.07, 6.45) is 4.11. The van der Waals surface area contributed by atoms with Crippen LogP contribution >= 0.6 is 0 Å². The molecule has 0 radical (unpaired) electrons. The van der Waals surface area contributed by atoms with Gasteiger partial charge in [0.25, 0.3) is 0 Å². The highest BCUT2D eigenvalue weighted by atomic mass is 16.1. The van der Waals surface area contributed by atoms with E-state index in [0.717, 1.165) is 43.3 Å². The highest BCUT2D eigenvalue weighted by Gasteiger charge is 2.14. The zero-order chi connectivity index (χ0) is 12.6. The van der Waals surface area contributed by atoms with Gasteiger partial charge in [0, 0.05) is 18.9 Å². The van der Waals surface area contributed by atoms with Crippen LogP contribution in [-0.2, 0) is 4.79 Å². The standard InChI is InChI=1S/C13H28N2O/c1-6-9-12(7-2)13(16)14-10-8-11-15(3,4)5/h12H,6-11H2,1-5H3/p+1. The Morgan fingerprint density at radius 2 is 1.88 bits per heavy atom. The fourth-order valence-corrected chi connectivity index (χ4v) is 1.78. The molecule has 0 aliphatic heterocycles. The molecular weight excluding hydrogens is 200 g/mol. The average molecular weight is 229 g/mol. The van der Waals surface area contributed by atoms with Gasteiger partial charge in [-0.05, 0) is 12.8 Å². The van der Waals surface area contributed by atoms with Crippen molar-refractivity contribution in [3.05, 3.63) is 0 Å². The third-order valence-electron chi connectivity index (χ3n) is 2.81. The van der Waals surface area contributed by atoms with E-state index in [2.05, 4.69) is 40.3 Å². The van der Waals surface area contributed by atoms with Crippen molar-refractivity contribution in [3.8, 4) is 0 Å². The van der Waals surface area contributed by atoms with Gasteiger partial charge in [0.1, 0.15) is 0 Å². The summed E-state index contributed by atoms with van der Waals surface area (Å²) in [6, 6.07) is 0. The highest BCUT2D eigenvalue weighted by molar-refractivity contribution is 5.78. The highest BCUT2D eigenvalue weighted by Crippen LogP contribution is 2.10. The summed E-state index contributed by atoms with van der Waals surface area (Å²) in [7, 11) is 6.52. The normalized spacial score (nSPS) is 13.6. The number of hydrogen-bond donors (Lipinski definition) is 1. The predicted molar refractivity (Wildman–Crippen MR) is 69.2 cm³/mol. The molecular formula is C13H29N2O+. The number of hydrogen-bond acceptors (Lipinski definition) is 1. The Labute approximate surface area is 101 Å². The number of rotatable bonds is 8. The fourth-order valence-electron chi connectivity index (χ4n) is 1.78. The van der Waals surface area contributed by atoms with Gasteiger partial charge < -0.3 is 9.80 Å². The Bertz CT molecular complexity index is 197. The molecule has 0 aromatic heterocycles. The second kappa shape index (κ2) is 7.66. The van der Waals surface area contributed by atoms with Gasteiger partial charge in [0.2, 0.25) is 5.91 Å². The minimum atomic E-state index is 0.217. The number of quaternary nitrogens is 1. The molecule has 0 aliphatic carbocycles. The fraction of sp³-hybridized carbons (Fsp3) is 0.923. The molecule has 1 amide bonds. The van der Waals surface area contributed by atoms with Gasteiger partial charge in [0.05, 0.1) is 27.7 Å². The summed E-state index contributed by atoms with van der Waals surface area (Å²) in [5, 5.41) is 3.04. The van der Waals surface area contributed by atoms with Gasteiger partial charge in [-0.2, -0.15) is 0 Å². The molecule has 16 heavy (non-hydrogen) atoms. The van der Waals surface area contributed by atoms with Crippen molar-refractivity contribution in [1.29, 1.82) is 0 Å². The van der Waals surface area contributed by atoms with Crippen LogP contribution in [0, 0.1) is 5.92 Å². The van der Waals surface area contributed by atoms with E-state index in [1.165, 1.54) is 0 Å². The maximum atomic E-state index is 11.8. The van der Waals surface area contributed by atoms with E-state index in [0.29, 0.717) is 0 Å². The lowest BCUT2D eigenvalue weighted by atomic mass is 10.00. The zero-order valence-corrected chi connectivity index (χ0v) is 11.7. The molecule has 1 unspecified atom stereocenters. The molecule has 0 fully saturated rings. The molecule has 3 heteroatoms. The molecule has 0 saturated heterocycles. The molecule has 96 valence electrons. The Kier molecular flexibility index (Phi) is 7.39. The molecule has 0 aromatic rings. The van der Waals surface area contributed by atoms with Crippen LogP contribution in [-0.4, -0.2) is 44.6 Å². The average Bonchev–Trinajstić information content (AvgIpc) is 2.19. The van der Waals surface area contributed by atoms with E-state index in [1.54, 1.807) is 0 Å². The van der Waals surface area contributed by atoms with Crippen molar-refractivity contribution in [2.45, 2.75) is 39.5 Å². The number of carbonyl (C=O) groups is 1. The van der Waals surface area contributed by atoms with Crippen molar-refractivity contribution in [3.63, 3.8) is 0 Å². The second-order valence-electron chi connectivity index (χ2n) is 5.55. The van der Waals surface area contributed by atoms with Crippen LogP contribution in [0.2, 0.25) is 0 Å². The first-order valence-corrected chi connectivity index (χ1v) is 6.48. The smallest absolute Gasteiger partial charge is 0.223 e. The summed E-state index contributed by atoms with van der Waals surface area (Å²) < 4.78 is 0.960. The van der Waals surface area contributed by atoms with E-state index in [4.69, 9.17) is 0 Å². The quantitative estimate of drug-likeness (QED) is 0.501. The van der Waals surface area contributed by atoms with Gasteiger partial charge in [-0.1, -0.05) is 20.3 Å². The van der Waals surface area contributed by atoms with Crippen LogP contribution < -0.4 is 5.32 Å². The summed E-state index contributed by atoms with van der Waals surface area (Å²) in [5.41, 5.74) is 0. The number of carbonyl (C=O) groups excluding carboxylic acids is 1. The van der Waals surface area contributed by atoms with E-state index < -0.39 is 0 Å². The summed E-state index contributed by atoms with van der Waals surface area (Å²) in [5.74, 6) is 0.458. The first-order chi connectivity index (χ1) is 7.40. The van der Waals surface area contributed by atoms with Crippen LogP contribution in [0.3, 0.4) is 0 Å². The number of amides is 1. The molecule has 0 heterocycles. The lowest BCUT2D eigenvalue weighted by molar-refractivity contribution is -0.870. The Balaban J connectivity index is 3.71. The molecule has 0 saturated carbocycles. The predicted octanol–water partition coefficient (Wildman–Crippen LogP) is 2.03. The third kappa shape index (κ3) is 7.69. The zero-order valence-electron chi connectivity index (χ0n) is 11.7. The second-order valence-corrected chi connectivity index (χ2v) is 5.55. The molecule has 0 rings (SSSR count). The molecule has 0 spiro atoms. The van der Waals surface area contributed by atoms with Gasteiger partial charge in [0.15, 0.2) is 0 Å². The SMILES string of the molecule is CCCC(CC)C(=O)NCCC[N+](C)(C)C. The number of nitrogens with zero attached hydrogens (tertiary/aromatic N) is 1. The van der Waals surface area contributed by atoms with Crippen molar-refractivity contribution >= 4 is 5.91 Å². The van der Waals surface area contributed by atoms with E-state index in [-0.39, 0.29) is 11.8 Å². The van der Waals surface area contributed by atoms with Gasteiger partial charge in [-0.25, -0.2) is 0 Å². The minimum absolute atomic E-state index is 0.217. The maximum absolute atomic E-state index is 11.8. The van der Waals surface area contributed by atoms with E-state index >= 15 is 0 Å². The van der Waals surface area contributed by atoms with Crippen LogP contribution in [0.4, 0.5) is 0 Å². The Morgan fingerprint density at radius 3 is 2.31 bits per heavy atom. The molecule has 3 nitrogen and oxygen atoms in total. The van der Waals surface area contributed by atoms with Gasteiger partial charge in [-0.3, -0.25) is 4.79 Å². The lowest BCUT2D eigenvalue weighted by Crippen LogP contribution is -2.38. The van der Waals surface area contributed by atoms with Crippen molar-refractivity contribution < 1.29 is 9.28 Å². The summed E-state index contributed by atoms with van der Waals surface area (Å²) in [4.78, 5) is 11.8. The molecule has 0 aliphatic rings. The summed E-state index contributed by atoms with van der Waals surface area (Å²) in [6.45, 7) is 6.14. The van der Waals surface area contributed by atoms with E-state index in [1.807, 2.05) is 0 Å². The maximum Gasteiger partial charge on any atom is 0.223 e. The van der Waals surface area contributed by atoms with Crippen molar-refractivity contribution in [1.82, 2.24) is 5.32 Å². The molecule has 1 atom stereocenters. The molecule has 1 N–H and O–H groups in total. The van der Waals surface area contributed by atoms with Crippen molar-refractivity contribution in [2.24, 2.45) is 5.92 Å². The monoisotopic (exact) mass is 229 g/mol. The lowest BCUT2D eigenvalue weighted by Gasteiger charge is -2.24. The Hall–Kier alpha value is -0.570. The third-order valence-corrected chi connectivity index (χ3v) is 2.81. The first-order valence-electron chi connectivity index (χ1n) is 6.48. The van der Waals surface area contributed by atoms with Crippen LogP contribution in [0.15, 0.2) is 0 Å². The van der Waals surface area contributed by atoms with E-state index in [9.17, 15) is 4.79 Å². The van der Waals surface area contributed by atoms with Gasteiger partial charge in [-0.15, -0.1) is 0 Å². The Morgan fingerprint density at radius 1 is 1.25 bits per heavy atom. The summed E-state index contributed by atoms with van der Waals surface area (Å²) >= 11 is 0. The molecule has 0 aromatic carbocycles.